The van der Waals surface area contributed by atoms with Crippen molar-refractivity contribution in [3.63, 3.8) is 0 Å². The molecule has 0 aliphatic heterocycles. The molecule has 0 atom stereocenters. The molecular formula is C16H18ClNO. The van der Waals surface area contributed by atoms with Crippen molar-refractivity contribution in [3.8, 4) is 0 Å². The third kappa shape index (κ3) is 3.98. The number of methoxy groups -OCH3 is 1. The van der Waals surface area contributed by atoms with Gasteiger partial charge in [0.05, 0.1) is 6.61 Å². The summed E-state index contributed by atoms with van der Waals surface area (Å²) in [5.74, 6) is 0. The lowest BCUT2D eigenvalue weighted by molar-refractivity contribution is 0.185. The van der Waals surface area contributed by atoms with Gasteiger partial charge in [-0.1, -0.05) is 35.9 Å². The molecule has 0 spiro atoms. The average Bonchev–Trinajstić information content (AvgIpc) is 2.38. The van der Waals surface area contributed by atoms with E-state index in [2.05, 4.69) is 36.5 Å². The van der Waals surface area contributed by atoms with Crippen LogP contribution in [0.1, 0.15) is 16.7 Å². The van der Waals surface area contributed by atoms with E-state index in [0.29, 0.717) is 6.61 Å². The first-order valence-corrected chi connectivity index (χ1v) is 6.63. The molecule has 0 saturated carbocycles. The van der Waals surface area contributed by atoms with Crippen LogP contribution in [0, 0.1) is 6.92 Å². The van der Waals surface area contributed by atoms with Crippen LogP contribution in [-0.4, -0.2) is 7.11 Å². The van der Waals surface area contributed by atoms with Crippen LogP contribution in [0.4, 0.5) is 5.69 Å². The summed E-state index contributed by atoms with van der Waals surface area (Å²) in [5.41, 5.74) is 4.70. The first-order chi connectivity index (χ1) is 9.19. The molecule has 100 valence electrons. The van der Waals surface area contributed by atoms with Gasteiger partial charge >= 0.3 is 0 Å². The Balaban J connectivity index is 2.03. The molecule has 2 aromatic carbocycles. The summed E-state index contributed by atoms with van der Waals surface area (Å²) in [6.07, 6.45) is 0. The zero-order chi connectivity index (χ0) is 13.7. The number of anilines is 1. The minimum Gasteiger partial charge on any atom is -0.381 e. The normalized spacial score (nSPS) is 10.5. The van der Waals surface area contributed by atoms with E-state index in [4.69, 9.17) is 16.3 Å². The number of hydrogen-bond acceptors (Lipinski definition) is 2. The standard InChI is InChI=1S/C16H18ClNO/c1-12-8-15(17)6-7-16(12)18-10-13-4-3-5-14(9-13)11-19-2/h3-9,18H,10-11H2,1-2H3. The van der Waals surface area contributed by atoms with Crippen molar-refractivity contribution in [1.29, 1.82) is 0 Å². The van der Waals surface area contributed by atoms with Crippen molar-refractivity contribution in [2.75, 3.05) is 12.4 Å². The van der Waals surface area contributed by atoms with Gasteiger partial charge in [0.1, 0.15) is 0 Å². The minimum absolute atomic E-state index is 0.647. The highest BCUT2D eigenvalue weighted by Crippen LogP contribution is 2.20. The lowest BCUT2D eigenvalue weighted by Crippen LogP contribution is -2.01. The number of ether oxygens (including phenoxy) is 1. The molecule has 0 aliphatic rings. The molecule has 3 heteroatoms. The van der Waals surface area contributed by atoms with Gasteiger partial charge in [-0.25, -0.2) is 0 Å². The van der Waals surface area contributed by atoms with Crippen LogP contribution >= 0.6 is 11.6 Å². The molecule has 0 aliphatic carbocycles. The fourth-order valence-electron chi connectivity index (χ4n) is 2.02. The quantitative estimate of drug-likeness (QED) is 0.873. The van der Waals surface area contributed by atoms with Crippen molar-refractivity contribution in [2.24, 2.45) is 0 Å². The summed E-state index contributed by atoms with van der Waals surface area (Å²) in [5, 5.41) is 4.19. The van der Waals surface area contributed by atoms with Crippen molar-refractivity contribution < 1.29 is 4.74 Å². The third-order valence-electron chi connectivity index (χ3n) is 2.97. The number of benzene rings is 2. The fraction of sp³-hybridized carbons (Fsp3) is 0.250. The predicted molar refractivity (Wildman–Crippen MR) is 80.7 cm³/mol. The first-order valence-electron chi connectivity index (χ1n) is 6.26. The molecule has 19 heavy (non-hydrogen) atoms. The van der Waals surface area contributed by atoms with Crippen LogP contribution in [0.2, 0.25) is 5.02 Å². The van der Waals surface area contributed by atoms with Gasteiger partial charge in [0, 0.05) is 24.4 Å². The van der Waals surface area contributed by atoms with E-state index in [-0.39, 0.29) is 0 Å². The molecular weight excluding hydrogens is 258 g/mol. The molecule has 2 nitrogen and oxygen atoms in total. The topological polar surface area (TPSA) is 21.3 Å². The first kappa shape index (κ1) is 13.9. The summed E-state index contributed by atoms with van der Waals surface area (Å²) < 4.78 is 5.14. The smallest absolute Gasteiger partial charge is 0.0713 e. The van der Waals surface area contributed by atoms with E-state index in [1.165, 1.54) is 11.1 Å². The molecule has 1 N–H and O–H groups in total. The summed E-state index contributed by atoms with van der Waals surface area (Å²) in [4.78, 5) is 0. The second-order valence-electron chi connectivity index (χ2n) is 4.57. The molecule has 0 saturated heterocycles. The molecule has 0 radical (unpaired) electrons. The number of nitrogens with one attached hydrogen (secondary N) is 1. The van der Waals surface area contributed by atoms with Gasteiger partial charge in [0.25, 0.3) is 0 Å². The number of aryl methyl sites for hydroxylation is 1. The number of rotatable bonds is 5. The monoisotopic (exact) mass is 275 g/mol. The van der Waals surface area contributed by atoms with Gasteiger partial charge in [0.2, 0.25) is 0 Å². The Hall–Kier alpha value is -1.51. The van der Waals surface area contributed by atoms with Crippen molar-refractivity contribution in [3.05, 3.63) is 64.2 Å². The van der Waals surface area contributed by atoms with Gasteiger partial charge in [-0.2, -0.15) is 0 Å². The maximum atomic E-state index is 5.95. The SMILES string of the molecule is COCc1cccc(CNc2ccc(Cl)cc2C)c1. The molecule has 2 rings (SSSR count). The summed E-state index contributed by atoms with van der Waals surface area (Å²) in [6, 6.07) is 14.3. The third-order valence-corrected chi connectivity index (χ3v) is 3.21. The van der Waals surface area contributed by atoms with Crippen LogP contribution < -0.4 is 5.32 Å². The minimum atomic E-state index is 0.647. The highest BCUT2D eigenvalue weighted by molar-refractivity contribution is 6.30. The Labute approximate surface area is 119 Å². The van der Waals surface area contributed by atoms with Crippen LogP contribution in [-0.2, 0) is 17.9 Å². The Morgan fingerprint density at radius 1 is 1.11 bits per heavy atom. The Bertz CT molecular complexity index is 554. The van der Waals surface area contributed by atoms with Gasteiger partial charge in [-0.3, -0.25) is 0 Å². The van der Waals surface area contributed by atoms with E-state index in [9.17, 15) is 0 Å². The molecule has 0 fully saturated rings. The van der Waals surface area contributed by atoms with Gasteiger partial charge < -0.3 is 10.1 Å². The molecule has 0 amide bonds. The number of halogens is 1. The van der Waals surface area contributed by atoms with Gasteiger partial charge in [-0.15, -0.1) is 0 Å². The molecule has 0 heterocycles. The maximum absolute atomic E-state index is 5.95. The molecule has 0 aromatic heterocycles. The predicted octanol–water partition coefficient (Wildman–Crippen LogP) is 4.41. The number of hydrogen-bond donors (Lipinski definition) is 1. The van der Waals surface area contributed by atoms with Crippen LogP contribution in [0.5, 0.6) is 0 Å². The van der Waals surface area contributed by atoms with Gasteiger partial charge in [-0.05, 0) is 41.8 Å². The lowest BCUT2D eigenvalue weighted by Gasteiger charge is -2.10. The van der Waals surface area contributed by atoms with E-state index in [1.807, 2.05) is 18.2 Å². The van der Waals surface area contributed by atoms with E-state index in [1.54, 1.807) is 7.11 Å². The zero-order valence-corrected chi connectivity index (χ0v) is 12.0. The molecule has 2 aromatic rings. The van der Waals surface area contributed by atoms with Gasteiger partial charge in [0.15, 0.2) is 0 Å². The van der Waals surface area contributed by atoms with E-state index >= 15 is 0 Å². The highest BCUT2D eigenvalue weighted by Gasteiger charge is 2.00. The van der Waals surface area contributed by atoms with Crippen molar-refractivity contribution in [2.45, 2.75) is 20.1 Å². The van der Waals surface area contributed by atoms with Crippen LogP contribution in [0.25, 0.3) is 0 Å². The van der Waals surface area contributed by atoms with E-state index < -0.39 is 0 Å². The summed E-state index contributed by atoms with van der Waals surface area (Å²) in [6.45, 7) is 3.49. The lowest BCUT2D eigenvalue weighted by atomic mass is 10.1. The fourth-order valence-corrected chi connectivity index (χ4v) is 2.25. The van der Waals surface area contributed by atoms with Crippen molar-refractivity contribution >= 4 is 17.3 Å². The van der Waals surface area contributed by atoms with E-state index in [0.717, 1.165) is 22.8 Å². The summed E-state index contributed by atoms with van der Waals surface area (Å²) in [7, 11) is 1.71. The Kier molecular flexibility index (Phi) is 4.83. The zero-order valence-electron chi connectivity index (χ0n) is 11.2. The second kappa shape index (κ2) is 6.60. The second-order valence-corrected chi connectivity index (χ2v) is 5.00. The van der Waals surface area contributed by atoms with Crippen LogP contribution in [0.3, 0.4) is 0 Å². The Morgan fingerprint density at radius 2 is 1.89 bits per heavy atom. The maximum Gasteiger partial charge on any atom is 0.0713 e. The average molecular weight is 276 g/mol. The summed E-state index contributed by atoms with van der Waals surface area (Å²) >= 11 is 5.95. The largest absolute Gasteiger partial charge is 0.381 e. The van der Waals surface area contributed by atoms with Crippen LogP contribution in [0.15, 0.2) is 42.5 Å². The Morgan fingerprint density at radius 3 is 2.63 bits per heavy atom. The van der Waals surface area contributed by atoms with Crippen molar-refractivity contribution in [1.82, 2.24) is 0 Å². The highest BCUT2D eigenvalue weighted by atomic mass is 35.5. The molecule has 0 bridgehead atoms. The molecule has 0 unspecified atom stereocenters.